The summed E-state index contributed by atoms with van der Waals surface area (Å²) in [4.78, 5) is 0. The highest BCUT2D eigenvalue weighted by molar-refractivity contribution is 6.12. The van der Waals surface area contributed by atoms with Crippen molar-refractivity contribution in [3.05, 3.63) is 59.7 Å². The Bertz CT molecular complexity index is 802. The molecule has 0 atom stereocenters. The predicted molar refractivity (Wildman–Crippen MR) is 98.0 cm³/mol. The lowest BCUT2D eigenvalue weighted by atomic mass is 9.98. The Hall–Kier alpha value is -2.30. The van der Waals surface area contributed by atoms with Gasteiger partial charge < -0.3 is 11.5 Å². The van der Waals surface area contributed by atoms with E-state index in [0.717, 1.165) is 21.5 Å². The van der Waals surface area contributed by atoms with Crippen LogP contribution in [0.1, 0.15) is 11.1 Å². The third-order valence-corrected chi connectivity index (χ3v) is 3.46. The Morgan fingerprint density at radius 1 is 0.636 bits per heavy atom. The van der Waals surface area contributed by atoms with Crippen molar-refractivity contribution in [3.8, 4) is 0 Å². The van der Waals surface area contributed by atoms with E-state index < -0.39 is 0 Å². The molecule has 6 N–H and O–H groups in total. The monoisotopic (exact) mass is 334 g/mol. The number of nitrogens with two attached hydrogens (primary N) is 2. The van der Waals surface area contributed by atoms with E-state index in [-0.39, 0.29) is 36.5 Å². The molecule has 22 heavy (non-hydrogen) atoms. The first-order valence-electron chi connectivity index (χ1n) is 6.21. The fourth-order valence-corrected chi connectivity index (χ4v) is 2.38. The maximum atomic E-state index is 7.55. The largest absolute Gasteiger partial charge is 0.384 e. The minimum atomic E-state index is 0. The van der Waals surface area contributed by atoms with Gasteiger partial charge in [0.1, 0.15) is 11.7 Å². The van der Waals surface area contributed by atoms with Gasteiger partial charge in [0.2, 0.25) is 0 Å². The summed E-state index contributed by atoms with van der Waals surface area (Å²) in [6.45, 7) is 0. The smallest absolute Gasteiger partial charge is 0.122 e. The first kappa shape index (κ1) is 17.8. The molecule has 0 spiro atoms. The lowest BCUT2D eigenvalue weighted by Crippen LogP contribution is -2.11. The van der Waals surface area contributed by atoms with Crippen LogP contribution in [0.25, 0.3) is 21.5 Å². The summed E-state index contributed by atoms with van der Waals surface area (Å²) in [7, 11) is 0. The van der Waals surface area contributed by atoms with Crippen LogP contribution in [-0.4, -0.2) is 11.7 Å². The molecule has 0 radical (unpaired) electrons. The lowest BCUT2D eigenvalue weighted by molar-refractivity contribution is 1.43. The number of benzene rings is 3. The lowest BCUT2D eigenvalue weighted by Gasteiger charge is -2.08. The molecule has 0 bridgehead atoms. The van der Waals surface area contributed by atoms with Crippen LogP contribution in [0.2, 0.25) is 0 Å². The standard InChI is InChI=1S/C16H14N4.2ClH/c17-15(18)11-5-3-9-1-2-10-4-6-12(16(19)20)8-14(10)13(9)7-11;;/h1-8H,(H3,17,18)(H3,19,20);2*1H. The predicted octanol–water partition coefficient (Wildman–Crippen LogP) is 3.40. The van der Waals surface area contributed by atoms with Crippen molar-refractivity contribution in [3.63, 3.8) is 0 Å². The van der Waals surface area contributed by atoms with E-state index in [1.807, 2.05) is 48.5 Å². The van der Waals surface area contributed by atoms with Crippen molar-refractivity contribution < 1.29 is 0 Å². The van der Waals surface area contributed by atoms with Crippen LogP contribution < -0.4 is 11.5 Å². The highest BCUT2D eigenvalue weighted by Gasteiger charge is 2.05. The fraction of sp³-hybridized carbons (Fsp3) is 0. The quantitative estimate of drug-likeness (QED) is 0.328. The maximum Gasteiger partial charge on any atom is 0.122 e. The van der Waals surface area contributed by atoms with Crippen LogP contribution in [0.15, 0.2) is 48.5 Å². The number of hydrogen-bond donors (Lipinski definition) is 4. The van der Waals surface area contributed by atoms with Crippen LogP contribution in [0.5, 0.6) is 0 Å². The van der Waals surface area contributed by atoms with Crippen molar-refractivity contribution in [2.24, 2.45) is 11.5 Å². The SMILES string of the molecule is Cl.Cl.N=C(N)c1ccc2ccc3ccc(C(=N)N)cc3c2c1. The summed E-state index contributed by atoms with van der Waals surface area (Å²) in [6, 6.07) is 15.5. The molecule has 3 rings (SSSR count). The number of nitrogens with one attached hydrogen (secondary N) is 2. The maximum absolute atomic E-state index is 7.55. The van der Waals surface area contributed by atoms with Crippen LogP contribution in [0.3, 0.4) is 0 Å². The zero-order valence-corrected chi connectivity index (χ0v) is 13.2. The van der Waals surface area contributed by atoms with E-state index in [0.29, 0.717) is 11.1 Å². The minimum absolute atomic E-state index is 0. The molecular weight excluding hydrogens is 319 g/mol. The Labute approximate surface area is 140 Å². The van der Waals surface area contributed by atoms with E-state index in [4.69, 9.17) is 22.3 Å². The number of hydrogen-bond acceptors (Lipinski definition) is 2. The fourth-order valence-electron chi connectivity index (χ4n) is 2.38. The Morgan fingerprint density at radius 3 is 1.27 bits per heavy atom. The molecule has 0 heterocycles. The molecule has 0 saturated heterocycles. The molecule has 0 unspecified atom stereocenters. The molecule has 3 aromatic carbocycles. The van der Waals surface area contributed by atoms with Crippen LogP contribution in [-0.2, 0) is 0 Å². The third-order valence-electron chi connectivity index (χ3n) is 3.46. The Kier molecular flexibility index (Phi) is 5.36. The zero-order valence-electron chi connectivity index (χ0n) is 11.6. The Balaban J connectivity index is 0.00000121. The molecule has 6 heteroatoms. The van der Waals surface area contributed by atoms with E-state index in [1.165, 1.54) is 0 Å². The molecule has 114 valence electrons. The highest BCUT2D eigenvalue weighted by atomic mass is 35.5. The van der Waals surface area contributed by atoms with E-state index >= 15 is 0 Å². The number of nitrogen functional groups attached to an aromatic ring is 2. The van der Waals surface area contributed by atoms with Crippen molar-refractivity contribution in [2.45, 2.75) is 0 Å². The first-order chi connectivity index (χ1) is 9.56. The van der Waals surface area contributed by atoms with Crippen LogP contribution in [0.4, 0.5) is 0 Å². The second-order valence-corrected chi connectivity index (χ2v) is 4.76. The summed E-state index contributed by atoms with van der Waals surface area (Å²) in [6.07, 6.45) is 0. The molecule has 0 amide bonds. The minimum Gasteiger partial charge on any atom is -0.384 e. The van der Waals surface area contributed by atoms with Gasteiger partial charge in [0.15, 0.2) is 0 Å². The third kappa shape index (κ3) is 2.98. The van der Waals surface area contributed by atoms with Gasteiger partial charge in [-0.15, -0.1) is 24.8 Å². The number of fused-ring (bicyclic) bond motifs is 3. The van der Waals surface area contributed by atoms with E-state index in [2.05, 4.69) is 0 Å². The molecule has 4 nitrogen and oxygen atoms in total. The number of amidine groups is 2. The van der Waals surface area contributed by atoms with Crippen molar-refractivity contribution in [1.29, 1.82) is 10.8 Å². The normalized spacial score (nSPS) is 9.82. The van der Waals surface area contributed by atoms with Gasteiger partial charge in [-0.2, -0.15) is 0 Å². The molecule has 0 aliphatic carbocycles. The van der Waals surface area contributed by atoms with Gasteiger partial charge in [0.25, 0.3) is 0 Å². The molecule has 3 aromatic rings. The summed E-state index contributed by atoms with van der Waals surface area (Å²) in [5, 5.41) is 19.3. The molecule has 0 aromatic heterocycles. The average Bonchev–Trinajstić information content (AvgIpc) is 2.45. The molecule has 0 saturated carbocycles. The van der Waals surface area contributed by atoms with Gasteiger partial charge >= 0.3 is 0 Å². The van der Waals surface area contributed by atoms with Crippen molar-refractivity contribution >= 4 is 58.0 Å². The second kappa shape index (κ2) is 6.64. The summed E-state index contributed by atoms with van der Waals surface area (Å²) in [5.41, 5.74) is 12.5. The summed E-state index contributed by atoms with van der Waals surface area (Å²) >= 11 is 0. The van der Waals surface area contributed by atoms with Crippen LogP contribution in [0, 0.1) is 10.8 Å². The van der Waals surface area contributed by atoms with Crippen molar-refractivity contribution in [1.82, 2.24) is 0 Å². The highest BCUT2D eigenvalue weighted by Crippen LogP contribution is 2.27. The van der Waals surface area contributed by atoms with Crippen LogP contribution >= 0.6 is 24.8 Å². The number of halogens is 2. The second-order valence-electron chi connectivity index (χ2n) is 4.76. The van der Waals surface area contributed by atoms with E-state index in [1.54, 1.807) is 0 Å². The van der Waals surface area contributed by atoms with Gasteiger partial charge in [0.05, 0.1) is 0 Å². The van der Waals surface area contributed by atoms with Crippen molar-refractivity contribution in [2.75, 3.05) is 0 Å². The van der Waals surface area contributed by atoms with Gasteiger partial charge in [-0.05, 0) is 33.7 Å². The molecule has 0 aliphatic heterocycles. The van der Waals surface area contributed by atoms with Gasteiger partial charge in [-0.1, -0.05) is 36.4 Å². The van der Waals surface area contributed by atoms with Gasteiger partial charge in [-0.25, -0.2) is 0 Å². The topological polar surface area (TPSA) is 99.7 Å². The van der Waals surface area contributed by atoms with E-state index in [9.17, 15) is 0 Å². The zero-order chi connectivity index (χ0) is 14.3. The molecular formula is C16H16Cl2N4. The van der Waals surface area contributed by atoms with Gasteiger partial charge in [-0.3, -0.25) is 10.8 Å². The number of rotatable bonds is 2. The Morgan fingerprint density at radius 2 is 0.955 bits per heavy atom. The molecule has 0 fully saturated rings. The molecule has 0 aliphatic rings. The average molecular weight is 335 g/mol. The first-order valence-corrected chi connectivity index (χ1v) is 6.21. The van der Waals surface area contributed by atoms with Gasteiger partial charge in [0, 0.05) is 11.1 Å². The summed E-state index contributed by atoms with van der Waals surface area (Å²) in [5.74, 6) is 0.0956. The summed E-state index contributed by atoms with van der Waals surface area (Å²) < 4.78 is 0.